The third kappa shape index (κ3) is 4.42. The van der Waals surface area contributed by atoms with E-state index in [1.165, 1.54) is 0 Å². The van der Waals surface area contributed by atoms with E-state index < -0.39 is 5.69 Å². The number of hydrogen-bond donors (Lipinski definition) is 2. The van der Waals surface area contributed by atoms with Gasteiger partial charge in [-0.3, -0.25) is 0 Å². The zero-order valence-electron chi connectivity index (χ0n) is 5.84. The summed E-state index contributed by atoms with van der Waals surface area (Å²) in [4.78, 5) is 9.06. The summed E-state index contributed by atoms with van der Waals surface area (Å²) in [6.07, 6.45) is 0. The Morgan fingerprint density at radius 2 is 2.09 bits per heavy atom. The molecule has 0 aromatic heterocycles. The molecule has 1 atom stereocenters. The molecule has 0 amide bonds. The van der Waals surface area contributed by atoms with Crippen LogP contribution in [0.15, 0.2) is 0 Å². The van der Waals surface area contributed by atoms with Crippen LogP contribution in [0.1, 0.15) is 0 Å². The zero-order chi connectivity index (χ0) is 8.32. The maximum atomic E-state index is 9.06. The smallest absolute Gasteiger partial charge is 0.258 e. The lowest BCUT2D eigenvalue weighted by atomic mass is 10.5. The Morgan fingerprint density at radius 1 is 1.55 bits per heavy atom. The van der Waals surface area contributed by atoms with E-state index in [0.29, 0.717) is 26.3 Å². The molecule has 0 saturated carbocycles. The Bertz CT molecular complexity index is 167. The molecule has 1 fully saturated rings. The molecule has 1 N–H and O–H groups in total. The van der Waals surface area contributed by atoms with Gasteiger partial charge in [-0.25, -0.2) is 4.62 Å². The van der Waals surface area contributed by atoms with Crippen LogP contribution in [0.4, 0.5) is 0 Å². The highest BCUT2D eigenvalue weighted by atomic mass is 32.9. The standard InChI is InChI=1S/C4H10NO3PS2/c6-9(10,11)8-5-1-3-7-4-2-5/h1-4H2,(H2,6,10,11). The molecule has 1 saturated heterocycles. The molecule has 0 spiro atoms. The van der Waals surface area contributed by atoms with Gasteiger partial charge in [-0.15, -0.1) is 0 Å². The molecule has 0 aromatic rings. The van der Waals surface area contributed by atoms with Gasteiger partial charge in [-0.1, -0.05) is 12.2 Å². The lowest BCUT2D eigenvalue weighted by Gasteiger charge is -2.27. The fraction of sp³-hybridized carbons (Fsp3) is 1.00. The zero-order valence-corrected chi connectivity index (χ0v) is 8.45. The van der Waals surface area contributed by atoms with Crippen LogP contribution in [0.2, 0.25) is 0 Å². The SMILES string of the molecule is OP(=S)(S)ON1CCOCC1. The van der Waals surface area contributed by atoms with Gasteiger partial charge < -0.3 is 9.63 Å². The van der Waals surface area contributed by atoms with E-state index in [1.54, 1.807) is 5.06 Å². The fourth-order valence-electron chi connectivity index (χ4n) is 0.779. The summed E-state index contributed by atoms with van der Waals surface area (Å²) in [5.41, 5.74) is -2.84. The molecule has 1 rings (SSSR count). The maximum Gasteiger partial charge on any atom is 0.258 e. The second kappa shape index (κ2) is 4.18. The lowest BCUT2D eigenvalue weighted by molar-refractivity contribution is -0.115. The van der Waals surface area contributed by atoms with Crippen LogP contribution in [-0.2, 0) is 21.2 Å². The van der Waals surface area contributed by atoms with Crippen molar-refractivity contribution in [3.05, 3.63) is 0 Å². The normalized spacial score (nSPS) is 26.4. The Balaban J connectivity index is 2.30. The number of morpholine rings is 1. The van der Waals surface area contributed by atoms with E-state index in [1.807, 2.05) is 0 Å². The average Bonchev–Trinajstić information content (AvgIpc) is 1.85. The molecule has 0 bridgehead atoms. The van der Waals surface area contributed by atoms with Crippen molar-refractivity contribution >= 4 is 29.7 Å². The van der Waals surface area contributed by atoms with Gasteiger partial charge >= 0.3 is 0 Å². The van der Waals surface area contributed by atoms with E-state index in [0.717, 1.165) is 0 Å². The van der Waals surface area contributed by atoms with Crippen LogP contribution in [0.25, 0.3) is 0 Å². The second-order valence-electron chi connectivity index (χ2n) is 2.11. The molecule has 0 aliphatic carbocycles. The predicted molar refractivity (Wildman–Crippen MR) is 49.0 cm³/mol. The number of nitrogens with zero attached hydrogens (tertiary/aromatic N) is 1. The maximum absolute atomic E-state index is 9.06. The van der Waals surface area contributed by atoms with Gasteiger partial charge in [-0.2, -0.15) is 5.06 Å². The molecule has 66 valence electrons. The van der Waals surface area contributed by atoms with Gasteiger partial charge in [0, 0.05) is 13.1 Å². The molecule has 11 heavy (non-hydrogen) atoms. The Hall–Kier alpha value is 0.840. The van der Waals surface area contributed by atoms with Gasteiger partial charge in [-0.05, 0) is 11.8 Å². The van der Waals surface area contributed by atoms with Gasteiger partial charge in [0.1, 0.15) is 0 Å². The van der Waals surface area contributed by atoms with E-state index in [-0.39, 0.29) is 0 Å². The van der Waals surface area contributed by atoms with Gasteiger partial charge in [0.05, 0.1) is 13.2 Å². The first kappa shape index (κ1) is 9.92. The van der Waals surface area contributed by atoms with Crippen molar-refractivity contribution in [3.63, 3.8) is 0 Å². The van der Waals surface area contributed by atoms with Crippen molar-refractivity contribution in [1.29, 1.82) is 0 Å². The van der Waals surface area contributed by atoms with Crippen molar-refractivity contribution in [2.45, 2.75) is 0 Å². The van der Waals surface area contributed by atoms with Crippen molar-refractivity contribution in [1.82, 2.24) is 5.06 Å². The van der Waals surface area contributed by atoms with Crippen LogP contribution >= 0.6 is 17.9 Å². The Labute approximate surface area is 75.8 Å². The van der Waals surface area contributed by atoms with Gasteiger partial charge in [0.15, 0.2) is 0 Å². The summed E-state index contributed by atoms with van der Waals surface area (Å²) in [5.74, 6) is 0. The van der Waals surface area contributed by atoms with Crippen molar-refractivity contribution in [2.75, 3.05) is 26.3 Å². The molecule has 1 aliphatic rings. The second-order valence-corrected chi connectivity index (χ2v) is 7.18. The van der Waals surface area contributed by atoms with E-state index in [9.17, 15) is 0 Å². The fourth-order valence-corrected chi connectivity index (χ4v) is 1.84. The van der Waals surface area contributed by atoms with Crippen LogP contribution in [-0.4, -0.2) is 36.3 Å². The summed E-state index contributed by atoms with van der Waals surface area (Å²) >= 11 is 8.33. The highest BCUT2D eigenvalue weighted by Crippen LogP contribution is 2.48. The van der Waals surface area contributed by atoms with Crippen molar-refractivity contribution < 1.29 is 14.3 Å². The monoisotopic (exact) mass is 215 g/mol. The van der Waals surface area contributed by atoms with Crippen molar-refractivity contribution in [2.24, 2.45) is 0 Å². The number of hydrogen-bond acceptors (Lipinski definition) is 4. The van der Waals surface area contributed by atoms with Gasteiger partial charge in [0.25, 0.3) is 5.69 Å². The lowest BCUT2D eigenvalue weighted by Crippen LogP contribution is -2.35. The van der Waals surface area contributed by atoms with Gasteiger partial charge in [0.2, 0.25) is 0 Å². The summed E-state index contributed by atoms with van der Waals surface area (Å²) in [5, 5.41) is 1.59. The number of rotatable bonds is 2. The first-order valence-corrected chi connectivity index (χ1v) is 6.98. The largest absolute Gasteiger partial charge is 0.379 e. The molecular formula is C4H10NO3PS2. The topological polar surface area (TPSA) is 41.9 Å². The highest BCUT2D eigenvalue weighted by Gasteiger charge is 2.17. The molecule has 4 nitrogen and oxygen atoms in total. The Kier molecular flexibility index (Phi) is 3.77. The highest BCUT2D eigenvalue weighted by molar-refractivity contribution is 8.59. The molecule has 1 heterocycles. The summed E-state index contributed by atoms with van der Waals surface area (Å²) < 4.78 is 10.0. The Morgan fingerprint density at radius 3 is 2.55 bits per heavy atom. The third-order valence-corrected chi connectivity index (χ3v) is 2.05. The van der Waals surface area contributed by atoms with E-state index in [4.69, 9.17) is 14.3 Å². The minimum atomic E-state index is -2.84. The average molecular weight is 215 g/mol. The molecule has 1 aliphatic heterocycles. The van der Waals surface area contributed by atoms with E-state index >= 15 is 0 Å². The van der Waals surface area contributed by atoms with Crippen LogP contribution < -0.4 is 0 Å². The number of ether oxygens (including phenoxy) is 1. The first-order chi connectivity index (χ1) is 5.08. The van der Waals surface area contributed by atoms with Crippen LogP contribution in [0.5, 0.6) is 0 Å². The minimum Gasteiger partial charge on any atom is -0.379 e. The van der Waals surface area contributed by atoms with Crippen LogP contribution in [0, 0.1) is 0 Å². The first-order valence-electron chi connectivity index (χ1n) is 3.16. The summed E-state index contributed by atoms with van der Waals surface area (Å²) in [6, 6.07) is 0. The summed E-state index contributed by atoms with van der Waals surface area (Å²) in [7, 11) is 0. The number of hydroxylamine groups is 2. The van der Waals surface area contributed by atoms with E-state index in [2.05, 4.69) is 24.1 Å². The number of thiol groups is 1. The quantitative estimate of drug-likeness (QED) is 0.515. The predicted octanol–water partition coefficient (Wildman–Crippen LogP) is 0.397. The third-order valence-electron chi connectivity index (χ3n) is 1.19. The molecule has 0 radical (unpaired) electrons. The van der Waals surface area contributed by atoms with Crippen molar-refractivity contribution in [3.8, 4) is 0 Å². The van der Waals surface area contributed by atoms with Crippen LogP contribution in [0.3, 0.4) is 0 Å². The molecule has 0 aromatic carbocycles. The summed E-state index contributed by atoms with van der Waals surface area (Å²) in [6.45, 7) is 2.51. The minimum absolute atomic E-state index is 0.614. The molecule has 7 heteroatoms. The molecule has 1 unspecified atom stereocenters. The molecular weight excluding hydrogens is 205 g/mol.